The molecule has 0 bridgehead atoms. The van der Waals surface area contributed by atoms with Gasteiger partial charge in [-0.2, -0.15) is 11.8 Å². The third kappa shape index (κ3) is 1.17. The Morgan fingerprint density at radius 2 is 2.60 bits per heavy atom. The van der Waals surface area contributed by atoms with Crippen LogP contribution in [-0.2, 0) is 0 Å². The van der Waals surface area contributed by atoms with Crippen LogP contribution in [0.1, 0.15) is 19.3 Å². The fourth-order valence-corrected chi connectivity index (χ4v) is 2.89. The smallest absolute Gasteiger partial charge is 0.0441 e. The van der Waals surface area contributed by atoms with Crippen molar-refractivity contribution in [2.75, 3.05) is 12.3 Å². The second kappa shape index (κ2) is 2.87. The lowest BCUT2D eigenvalue weighted by molar-refractivity contribution is 0.779. The maximum absolute atomic E-state index is 3.44. The van der Waals surface area contributed by atoms with E-state index >= 15 is 0 Å². The zero-order valence-corrected chi connectivity index (χ0v) is 6.91. The van der Waals surface area contributed by atoms with Crippen LogP contribution in [0.15, 0.2) is 11.8 Å². The van der Waals surface area contributed by atoms with Gasteiger partial charge in [-0.1, -0.05) is 6.08 Å². The molecule has 1 atom stereocenters. The average Bonchev–Trinajstić information content (AvgIpc) is 2.59. The van der Waals surface area contributed by atoms with Crippen LogP contribution in [0.4, 0.5) is 0 Å². The van der Waals surface area contributed by atoms with Crippen LogP contribution in [0.3, 0.4) is 0 Å². The first-order valence-corrected chi connectivity index (χ1v) is 5.07. The highest BCUT2D eigenvalue weighted by Crippen LogP contribution is 2.31. The maximum Gasteiger partial charge on any atom is 0.0441 e. The second-order valence-corrected chi connectivity index (χ2v) is 4.19. The summed E-state index contributed by atoms with van der Waals surface area (Å²) in [5, 5.41) is 4.26. The Balaban J connectivity index is 1.97. The molecule has 0 aromatic heterocycles. The lowest BCUT2D eigenvalue weighted by atomic mass is 10.2. The molecule has 1 unspecified atom stereocenters. The van der Waals surface area contributed by atoms with Crippen molar-refractivity contribution in [1.29, 1.82) is 0 Å². The number of hydrogen-bond donors (Lipinski definition) is 1. The normalized spacial score (nSPS) is 32.0. The molecule has 0 radical (unpaired) electrons. The van der Waals surface area contributed by atoms with Crippen LogP contribution < -0.4 is 5.32 Å². The van der Waals surface area contributed by atoms with Crippen LogP contribution in [0, 0.1) is 0 Å². The fraction of sp³-hybridized carbons (Fsp3) is 0.750. The second-order valence-electron chi connectivity index (χ2n) is 2.88. The highest BCUT2D eigenvalue weighted by Gasteiger charge is 2.20. The first-order chi connectivity index (χ1) is 4.97. The molecule has 1 nitrogen and oxygen atoms in total. The van der Waals surface area contributed by atoms with E-state index in [4.69, 9.17) is 0 Å². The number of hydrogen-bond acceptors (Lipinski definition) is 2. The number of thioether (sulfide) groups is 1. The molecule has 0 saturated carbocycles. The van der Waals surface area contributed by atoms with Gasteiger partial charge in [0, 0.05) is 17.5 Å². The summed E-state index contributed by atoms with van der Waals surface area (Å²) in [4.78, 5) is 0. The number of nitrogens with one attached hydrogen (secondary N) is 1. The van der Waals surface area contributed by atoms with E-state index in [0.29, 0.717) is 0 Å². The molecule has 2 aliphatic rings. The third-order valence-corrected chi connectivity index (χ3v) is 3.53. The molecule has 2 heteroatoms. The highest BCUT2D eigenvalue weighted by molar-refractivity contribution is 8.00. The lowest BCUT2D eigenvalue weighted by Crippen LogP contribution is -2.15. The van der Waals surface area contributed by atoms with Gasteiger partial charge in [0.25, 0.3) is 0 Å². The summed E-state index contributed by atoms with van der Waals surface area (Å²) in [5.74, 6) is 1.36. The minimum Gasteiger partial charge on any atom is -0.387 e. The Bertz CT molecular complexity index is 147. The van der Waals surface area contributed by atoms with Crippen LogP contribution in [-0.4, -0.2) is 17.5 Å². The van der Waals surface area contributed by atoms with E-state index in [2.05, 4.69) is 23.2 Å². The summed E-state index contributed by atoms with van der Waals surface area (Å²) in [6.45, 7) is 1.17. The molecule has 2 rings (SSSR count). The fourth-order valence-electron chi connectivity index (χ4n) is 1.58. The first-order valence-electron chi connectivity index (χ1n) is 4.02. The minimum absolute atomic E-state index is 0.822. The average molecular weight is 155 g/mol. The standard InChI is InChI=1S/C8H13NS/c1-3-7(9-5-1)8-4-2-6-10-8/h3,8-9H,1-2,4-6H2. The van der Waals surface area contributed by atoms with Gasteiger partial charge in [0.2, 0.25) is 0 Å². The Kier molecular flexibility index (Phi) is 1.89. The summed E-state index contributed by atoms with van der Waals surface area (Å²) in [7, 11) is 0. The Hall–Kier alpha value is -0.110. The summed E-state index contributed by atoms with van der Waals surface area (Å²) in [5.41, 5.74) is 1.52. The Morgan fingerprint density at radius 1 is 1.60 bits per heavy atom. The Morgan fingerprint density at radius 3 is 3.20 bits per heavy atom. The molecular formula is C8H13NS. The van der Waals surface area contributed by atoms with Crippen LogP contribution >= 0.6 is 11.8 Å². The van der Waals surface area contributed by atoms with E-state index in [1.807, 2.05) is 0 Å². The summed E-state index contributed by atoms with van der Waals surface area (Å²) < 4.78 is 0. The molecule has 0 aromatic carbocycles. The zero-order chi connectivity index (χ0) is 6.81. The monoisotopic (exact) mass is 155 g/mol. The van der Waals surface area contributed by atoms with E-state index in [9.17, 15) is 0 Å². The molecule has 1 N–H and O–H groups in total. The van der Waals surface area contributed by atoms with E-state index < -0.39 is 0 Å². The third-order valence-electron chi connectivity index (χ3n) is 2.11. The Labute approximate surface area is 66.3 Å². The van der Waals surface area contributed by atoms with Gasteiger partial charge < -0.3 is 5.32 Å². The minimum atomic E-state index is 0.822. The zero-order valence-electron chi connectivity index (χ0n) is 6.10. The predicted molar refractivity (Wildman–Crippen MR) is 46.2 cm³/mol. The molecule has 10 heavy (non-hydrogen) atoms. The van der Waals surface area contributed by atoms with Gasteiger partial charge in [-0.3, -0.25) is 0 Å². The summed E-state index contributed by atoms with van der Waals surface area (Å²) in [6.07, 6.45) is 6.41. The maximum atomic E-state index is 3.44. The van der Waals surface area contributed by atoms with Crippen LogP contribution in [0.5, 0.6) is 0 Å². The largest absolute Gasteiger partial charge is 0.387 e. The summed E-state index contributed by atoms with van der Waals surface area (Å²) in [6, 6.07) is 0. The molecule has 1 saturated heterocycles. The van der Waals surface area contributed by atoms with Gasteiger partial charge in [-0.05, 0) is 25.0 Å². The topological polar surface area (TPSA) is 12.0 Å². The molecule has 0 aromatic rings. The molecule has 2 heterocycles. The molecular weight excluding hydrogens is 142 g/mol. The first kappa shape index (κ1) is 6.59. The summed E-state index contributed by atoms with van der Waals surface area (Å²) >= 11 is 2.11. The SMILES string of the molecule is C1=C(C2CCCS2)NCC1. The van der Waals surface area contributed by atoms with Gasteiger partial charge in [-0.25, -0.2) is 0 Å². The van der Waals surface area contributed by atoms with Crippen molar-refractivity contribution < 1.29 is 0 Å². The van der Waals surface area contributed by atoms with Crippen molar-refractivity contribution >= 4 is 11.8 Å². The molecule has 0 aliphatic carbocycles. The van der Waals surface area contributed by atoms with E-state index in [-0.39, 0.29) is 0 Å². The molecule has 56 valence electrons. The van der Waals surface area contributed by atoms with Crippen LogP contribution in [0.2, 0.25) is 0 Å². The van der Waals surface area contributed by atoms with E-state index in [1.165, 1.54) is 37.3 Å². The van der Waals surface area contributed by atoms with Gasteiger partial charge in [0.1, 0.15) is 0 Å². The predicted octanol–water partition coefficient (Wildman–Crippen LogP) is 1.76. The van der Waals surface area contributed by atoms with Crippen molar-refractivity contribution in [3.63, 3.8) is 0 Å². The molecule has 0 spiro atoms. The molecule has 0 amide bonds. The van der Waals surface area contributed by atoms with Crippen molar-refractivity contribution in [2.24, 2.45) is 0 Å². The van der Waals surface area contributed by atoms with Crippen molar-refractivity contribution in [1.82, 2.24) is 5.32 Å². The van der Waals surface area contributed by atoms with Gasteiger partial charge >= 0.3 is 0 Å². The molecule has 2 aliphatic heterocycles. The highest BCUT2D eigenvalue weighted by atomic mass is 32.2. The van der Waals surface area contributed by atoms with Gasteiger partial charge in [0.15, 0.2) is 0 Å². The van der Waals surface area contributed by atoms with Crippen molar-refractivity contribution in [3.8, 4) is 0 Å². The lowest BCUT2D eigenvalue weighted by Gasteiger charge is -2.09. The van der Waals surface area contributed by atoms with E-state index in [0.717, 1.165) is 5.25 Å². The molecule has 1 fully saturated rings. The van der Waals surface area contributed by atoms with E-state index in [1.54, 1.807) is 0 Å². The van der Waals surface area contributed by atoms with Gasteiger partial charge in [0.05, 0.1) is 0 Å². The quantitative estimate of drug-likeness (QED) is 0.619. The van der Waals surface area contributed by atoms with Crippen molar-refractivity contribution in [3.05, 3.63) is 11.8 Å². The van der Waals surface area contributed by atoms with Gasteiger partial charge in [-0.15, -0.1) is 0 Å². The number of rotatable bonds is 1. The van der Waals surface area contributed by atoms with Crippen LogP contribution in [0.25, 0.3) is 0 Å². The van der Waals surface area contributed by atoms with Crippen molar-refractivity contribution in [2.45, 2.75) is 24.5 Å².